The maximum absolute atomic E-state index is 12.0. The molecule has 1 aromatic carbocycles. The first-order chi connectivity index (χ1) is 10.8. The zero-order valence-corrected chi connectivity index (χ0v) is 15.6. The third-order valence-electron chi connectivity index (χ3n) is 3.46. The Labute approximate surface area is 149 Å². The third-order valence-corrected chi connectivity index (χ3v) is 3.97. The van der Waals surface area contributed by atoms with Gasteiger partial charge in [-0.2, -0.15) is 0 Å². The van der Waals surface area contributed by atoms with Crippen molar-refractivity contribution in [2.45, 2.75) is 18.9 Å². The van der Waals surface area contributed by atoms with E-state index in [0.717, 1.165) is 25.6 Å². The van der Waals surface area contributed by atoms with E-state index < -0.39 is 10.0 Å². The molecule has 0 bridgehead atoms. The Bertz CT molecular complexity index is 696. The summed E-state index contributed by atoms with van der Waals surface area (Å²) in [5, 5.41) is 6.00. The topological polar surface area (TPSA) is 90.9 Å². The van der Waals surface area contributed by atoms with Crippen LogP contribution in [0.5, 0.6) is 0 Å². The van der Waals surface area contributed by atoms with E-state index in [1.807, 2.05) is 0 Å². The molecule has 24 heavy (non-hydrogen) atoms. The van der Waals surface area contributed by atoms with Crippen molar-refractivity contribution in [3.63, 3.8) is 0 Å². The summed E-state index contributed by atoms with van der Waals surface area (Å²) in [5.41, 5.74) is 1.34. The van der Waals surface area contributed by atoms with Crippen LogP contribution in [0.2, 0.25) is 0 Å². The van der Waals surface area contributed by atoms with Crippen LogP contribution in [0.1, 0.15) is 18.4 Å². The van der Waals surface area contributed by atoms with Crippen LogP contribution in [0.15, 0.2) is 28.7 Å². The number of benzene rings is 1. The molecule has 7 nitrogen and oxygen atoms in total. The number of halogens is 1. The molecule has 0 radical (unpaired) electrons. The van der Waals surface area contributed by atoms with Crippen molar-refractivity contribution >= 4 is 39.9 Å². The minimum Gasteiger partial charge on any atom is -0.362 e. The van der Waals surface area contributed by atoms with Crippen LogP contribution >= 0.6 is 12.4 Å². The Balaban J connectivity index is 0.00000288. The number of rotatable bonds is 4. The minimum absolute atomic E-state index is 0. The molecule has 0 saturated carbocycles. The number of carbonyl (C=O) groups excluding carboxylic acids is 1. The molecule has 9 heteroatoms. The molecule has 1 fully saturated rings. The lowest BCUT2D eigenvalue weighted by molar-refractivity contribution is -0.117. The highest BCUT2D eigenvalue weighted by Crippen LogP contribution is 2.14. The summed E-state index contributed by atoms with van der Waals surface area (Å²) >= 11 is 0. The predicted molar refractivity (Wildman–Crippen MR) is 98.4 cm³/mol. The van der Waals surface area contributed by atoms with E-state index in [2.05, 4.69) is 15.0 Å². The van der Waals surface area contributed by atoms with Crippen molar-refractivity contribution in [1.82, 2.24) is 10.2 Å². The van der Waals surface area contributed by atoms with Gasteiger partial charge in [-0.15, -0.1) is 16.8 Å². The second-order valence-electron chi connectivity index (χ2n) is 5.76. The van der Waals surface area contributed by atoms with Crippen molar-refractivity contribution in [2.24, 2.45) is 4.40 Å². The number of amidine groups is 1. The van der Waals surface area contributed by atoms with Crippen LogP contribution in [0, 0.1) is 0 Å². The van der Waals surface area contributed by atoms with E-state index in [1.165, 1.54) is 0 Å². The Morgan fingerprint density at radius 3 is 2.38 bits per heavy atom. The second kappa shape index (κ2) is 8.46. The molecule has 0 spiro atoms. The molecular formula is C15H23ClN4O3S. The highest BCUT2D eigenvalue weighted by atomic mass is 35.5. The van der Waals surface area contributed by atoms with Gasteiger partial charge in [0.1, 0.15) is 5.84 Å². The summed E-state index contributed by atoms with van der Waals surface area (Å²) in [6, 6.07) is 6.81. The van der Waals surface area contributed by atoms with E-state index in [-0.39, 0.29) is 24.4 Å². The molecule has 1 aromatic rings. The summed E-state index contributed by atoms with van der Waals surface area (Å²) < 4.78 is 26.6. The molecule has 1 saturated heterocycles. The number of sulfonamides is 1. The van der Waals surface area contributed by atoms with E-state index in [1.54, 1.807) is 43.3 Å². The van der Waals surface area contributed by atoms with Crippen LogP contribution in [0.25, 0.3) is 0 Å². The number of carbonyl (C=O) groups is 1. The van der Waals surface area contributed by atoms with Gasteiger partial charge in [-0.05, 0) is 43.7 Å². The molecule has 0 unspecified atom stereocenters. The van der Waals surface area contributed by atoms with Gasteiger partial charge in [0.05, 0.1) is 12.3 Å². The molecule has 1 heterocycles. The van der Waals surface area contributed by atoms with Crippen molar-refractivity contribution in [3.05, 3.63) is 29.8 Å². The molecule has 0 aromatic heterocycles. The highest BCUT2D eigenvalue weighted by molar-refractivity contribution is 7.89. The van der Waals surface area contributed by atoms with Gasteiger partial charge in [-0.1, -0.05) is 0 Å². The smallest absolute Gasteiger partial charge is 0.252 e. The number of amides is 1. The maximum Gasteiger partial charge on any atom is 0.252 e. The van der Waals surface area contributed by atoms with Crippen molar-refractivity contribution < 1.29 is 13.2 Å². The molecule has 1 amide bonds. The van der Waals surface area contributed by atoms with Gasteiger partial charge in [0.25, 0.3) is 10.0 Å². The molecule has 2 N–H and O–H groups in total. The Kier molecular flexibility index (Phi) is 7.19. The van der Waals surface area contributed by atoms with Crippen LogP contribution in [-0.4, -0.2) is 58.0 Å². The summed E-state index contributed by atoms with van der Waals surface area (Å²) in [4.78, 5) is 13.7. The van der Waals surface area contributed by atoms with Gasteiger partial charge >= 0.3 is 0 Å². The fraction of sp³-hybridized carbons (Fsp3) is 0.467. The van der Waals surface area contributed by atoms with Crippen LogP contribution in [0.3, 0.4) is 0 Å². The van der Waals surface area contributed by atoms with E-state index in [0.29, 0.717) is 17.1 Å². The van der Waals surface area contributed by atoms with Crippen LogP contribution < -0.4 is 10.6 Å². The quantitative estimate of drug-likeness (QED) is 0.607. The maximum atomic E-state index is 12.0. The Hall–Kier alpha value is -1.64. The van der Waals surface area contributed by atoms with Gasteiger partial charge < -0.3 is 15.5 Å². The van der Waals surface area contributed by atoms with E-state index in [9.17, 15) is 13.2 Å². The van der Waals surface area contributed by atoms with Gasteiger partial charge in [-0.25, -0.2) is 8.42 Å². The fourth-order valence-electron chi connectivity index (χ4n) is 2.39. The molecule has 1 aliphatic heterocycles. The van der Waals surface area contributed by atoms with Gasteiger partial charge in [0.2, 0.25) is 5.91 Å². The van der Waals surface area contributed by atoms with Gasteiger partial charge in [0.15, 0.2) is 0 Å². The lowest BCUT2D eigenvalue weighted by Gasteiger charge is -2.16. The lowest BCUT2D eigenvalue weighted by atomic mass is 10.1. The first-order valence-corrected chi connectivity index (χ1v) is 9.23. The zero-order valence-electron chi connectivity index (χ0n) is 13.9. The molecule has 1 atom stereocenters. The van der Waals surface area contributed by atoms with Crippen molar-refractivity contribution in [3.8, 4) is 0 Å². The number of nitrogens with zero attached hydrogens (tertiary/aromatic N) is 2. The third kappa shape index (κ3) is 5.77. The minimum atomic E-state index is -3.49. The zero-order chi connectivity index (χ0) is 17.0. The highest BCUT2D eigenvalue weighted by Gasteiger charge is 2.21. The summed E-state index contributed by atoms with van der Waals surface area (Å²) in [5.74, 6) is 0.302. The van der Waals surface area contributed by atoms with Gasteiger partial charge in [-0.3, -0.25) is 4.79 Å². The normalized spacial score (nSPS) is 18.0. The predicted octanol–water partition coefficient (Wildman–Crippen LogP) is 1.07. The summed E-state index contributed by atoms with van der Waals surface area (Å²) in [6.45, 7) is 0.866. The SMILES string of the molecule is CN(C)/C(=N/S(C)(=O)=O)c1ccc(NC(=O)[C@H]2CCCN2)cc1.Cl. The molecule has 1 aliphatic rings. The second-order valence-corrected chi connectivity index (χ2v) is 7.41. The summed E-state index contributed by atoms with van der Waals surface area (Å²) in [6.07, 6.45) is 2.90. The number of hydrogen-bond acceptors (Lipinski definition) is 4. The van der Waals surface area contributed by atoms with Crippen LogP contribution in [-0.2, 0) is 14.8 Å². The van der Waals surface area contributed by atoms with E-state index >= 15 is 0 Å². The standard InChI is InChI=1S/C15H22N4O3S.ClH/c1-19(2)14(18-23(3,21)22)11-6-8-12(9-7-11)17-15(20)13-5-4-10-16-13;/h6-9,13,16H,4-5,10H2,1-3H3,(H,17,20);1H/b18-14+;/t13-;/m1./s1. The Morgan fingerprint density at radius 1 is 1.29 bits per heavy atom. The van der Waals surface area contributed by atoms with E-state index in [4.69, 9.17) is 0 Å². The summed E-state index contributed by atoms with van der Waals surface area (Å²) in [7, 11) is -0.0331. The Morgan fingerprint density at radius 2 is 1.92 bits per heavy atom. The molecule has 134 valence electrons. The number of anilines is 1. The molecule has 2 rings (SSSR count). The van der Waals surface area contributed by atoms with Crippen molar-refractivity contribution in [2.75, 3.05) is 32.2 Å². The first-order valence-electron chi connectivity index (χ1n) is 7.38. The van der Waals surface area contributed by atoms with Gasteiger partial charge in [0, 0.05) is 25.3 Å². The largest absolute Gasteiger partial charge is 0.362 e. The number of hydrogen-bond donors (Lipinski definition) is 2. The molecule has 0 aliphatic carbocycles. The average Bonchev–Trinajstić information content (AvgIpc) is 2.99. The first kappa shape index (κ1) is 20.4. The fourth-order valence-corrected chi connectivity index (χ4v) is 2.97. The van der Waals surface area contributed by atoms with Crippen LogP contribution in [0.4, 0.5) is 5.69 Å². The molecular weight excluding hydrogens is 352 g/mol. The lowest BCUT2D eigenvalue weighted by Crippen LogP contribution is -2.35. The van der Waals surface area contributed by atoms with Crippen molar-refractivity contribution in [1.29, 1.82) is 0 Å². The monoisotopic (exact) mass is 374 g/mol. The average molecular weight is 375 g/mol. The number of nitrogens with one attached hydrogen (secondary N) is 2.